The summed E-state index contributed by atoms with van der Waals surface area (Å²) in [5, 5.41) is 12.9. The average Bonchev–Trinajstić information content (AvgIpc) is 3.20. The number of carbonyl (C=O) groups is 1. The molecule has 0 fully saturated rings. The van der Waals surface area contributed by atoms with Crippen LogP contribution < -0.4 is 19.5 Å². The molecule has 0 aliphatic rings. The second-order valence-electron chi connectivity index (χ2n) is 6.89. The maximum atomic E-state index is 12.6. The van der Waals surface area contributed by atoms with Crippen LogP contribution in [0, 0.1) is 13.8 Å². The summed E-state index contributed by atoms with van der Waals surface area (Å²) in [5.41, 5.74) is 2.73. The highest BCUT2D eigenvalue weighted by molar-refractivity contribution is 6.03. The molecule has 0 saturated heterocycles. The van der Waals surface area contributed by atoms with Gasteiger partial charge in [0.2, 0.25) is 0 Å². The van der Waals surface area contributed by atoms with Crippen molar-refractivity contribution in [3.05, 3.63) is 64.6 Å². The standard InChI is InChI=1S/C23H25NO6/c1-13-8-14(2)22(25)18(9-13)24-23(26)19-7-6-15(30-19)10-17-20(28-4)11-16(27-3)12-21(17)29-5/h6-9,11-12,25H,10H2,1-5H3,(H,24,26). The number of benzene rings is 2. The first kappa shape index (κ1) is 21.1. The molecule has 2 N–H and O–H groups in total. The lowest BCUT2D eigenvalue weighted by atomic mass is 10.1. The molecule has 0 spiro atoms. The van der Waals surface area contributed by atoms with E-state index in [4.69, 9.17) is 18.6 Å². The van der Waals surface area contributed by atoms with Gasteiger partial charge in [-0.15, -0.1) is 0 Å². The van der Waals surface area contributed by atoms with Gasteiger partial charge in [0.1, 0.15) is 28.8 Å². The highest BCUT2D eigenvalue weighted by Crippen LogP contribution is 2.36. The molecule has 7 heteroatoms. The molecule has 30 heavy (non-hydrogen) atoms. The molecule has 3 aromatic rings. The fourth-order valence-corrected chi connectivity index (χ4v) is 3.26. The fraction of sp³-hybridized carbons (Fsp3) is 0.261. The van der Waals surface area contributed by atoms with Crippen molar-refractivity contribution in [2.75, 3.05) is 26.6 Å². The van der Waals surface area contributed by atoms with Gasteiger partial charge in [-0.2, -0.15) is 0 Å². The van der Waals surface area contributed by atoms with Gasteiger partial charge in [-0.05, 0) is 43.2 Å². The van der Waals surface area contributed by atoms with Crippen molar-refractivity contribution in [1.82, 2.24) is 0 Å². The van der Waals surface area contributed by atoms with Crippen molar-refractivity contribution < 1.29 is 28.5 Å². The summed E-state index contributed by atoms with van der Waals surface area (Å²) < 4.78 is 21.9. The minimum atomic E-state index is -0.449. The third-order valence-electron chi connectivity index (χ3n) is 4.75. The number of amides is 1. The lowest BCUT2D eigenvalue weighted by Crippen LogP contribution is -2.11. The SMILES string of the molecule is COc1cc(OC)c(Cc2ccc(C(=O)Nc3cc(C)cc(C)c3O)o2)c(OC)c1. The number of nitrogens with one attached hydrogen (secondary N) is 1. The van der Waals surface area contributed by atoms with Gasteiger partial charge in [0.05, 0.1) is 27.0 Å². The second kappa shape index (κ2) is 8.82. The summed E-state index contributed by atoms with van der Waals surface area (Å²) >= 11 is 0. The minimum Gasteiger partial charge on any atom is -0.505 e. The monoisotopic (exact) mass is 411 g/mol. The largest absolute Gasteiger partial charge is 0.505 e. The van der Waals surface area contributed by atoms with Crippen LogP contribution in [0.5, 0.6) is 23.0 Å². The van der Waals surface area contributed by atoms with E-state index in [0.717, 1.165) is 11.1 Å². The van der Waals surface area contributed by atoms with E-state index in [2.05, 4.69) is 5.32 Å². The van der Waals surface area contributed by atoms with Crippen LogP contribution in [0.15, 0.2) is 40.8 Å². The van der Waals surface area contributed by atoms with Gasteiger partial charge in [-0.25, -0.2) is 0 Å². The summed E-state index contributed by atoms with van der Waals surface area (Å²) in [7, 11) is 4.70. The van der Waals surface area contributed by atoms with Gasteiger partial charge in [0, 0.05) is 24.1 Å². The number of furan rings is 1. The van der Waals surface area contributed by atoms with Gasteiger partial charge in [-0.3, -0.25) is 4.79 Å². The molecule has 7 nitrogen and oxygen atoms in total. The van der Waals surface area contributed by atoms with Crippen molar-refractivity contribution in [3.63, 3.8) is 0 Å². The quantitative estimate of drug-likeness (QED) is 0.558. The molecule has 2 aromatic carbocycles. The Labute approximate surface area is 175 Å². The highest BCUT2D eigenvalue weighted by Gasteiger charge is 2.18. The first-order chi connectivity index (χ1) is 14.4. The van der Waals surface area contributed by atoms with Crippen LogP contribution >= 0.6 is 0 Å². The average molecular weight is 411 g/mol. The fourth-order valence-electron chi connectivity index (χ4n) is 3.26. The molecule has 1 amide bonds. The van der Waals surface area contributed by atoms with E-state index < -0.39 is 5.91 Å². The highest BCUT2D eigenvalue weighted by atomic mass is 16.5. The number of methoxy groups -OCH3 is 3. The molecule has 0 aliphatic carbocycles. The predicted molar refractivity (Wildman–Crippen MR) is 113 cm³/mol. The molecule has 0 radical (unpaired) electrons. The van der Waals surface area contributed by atoms with Crippen molar-refractivity contribution >= 4 is 11.6 Å². The van der Waals surface area contributed by atoms with Crippen molar-refractivity contribution in [2.24, 2.45) is 0 Å². The second-order valence-corrected chi connectivity index (χ2v) is 6.89. The van der Waals surface area contributed by atoms with Gasteiger partial charge in [0.25, 0.3) is 5.91 Å². The smallest absolute Gasteiger partial charge is 0.291 e. The number of hydrogen-bond acceptors (Lipinski definition) is 6. The Balaban J connectivity index is 1.83. The van der Waals surface area contributed by atoms with Gasteiger partial charge in [-0.1, -0.05) is 6.07 Å². The van der Waals surface area contributed by atoms with Crippen LogP contribution in [-0.4, -0.2) is 32.3 Å². The van der Waals surface area contributed by atoms with E-state index in [0.29, 0.717) is 40.7 Å². The third-order valence-corrected chi connectivity index (χ3v) is 4.75. The molecular formula is C23H25NO6. The number of phenols is 1. The van der Waals surface area contributed by atoms with Crippen molar-refractivity contribution in [3.8, 4) is 23.0 Å². The maximum Gasteiger partial charge on any atom is 0.291 e. The normalized spacial score (nSPS) is 10.6. The molecule has 0 bridgehead atoms. The van der Waals surface area contributed by atoms with Gasteiger partial charge in [0.15, 0.2) is 5.76 Å². The molecule has 0 atom stereocenters. The number of aryl methyl sites for hydroxylation is 2. The summed E-state index contributed by atoms with van der Waals surface area (Å²) in [6.45, 7) is 3.67. The number of phenolic OH excluding ortho intramolecular Hbond substituents is 1. The molecular weight excluding hydrogens is 386 g/mol. The number of anilines is 1. The molecule has 1 aromatic heterocycles. The molecule has 3 rings (SSSR count). The summed E-state index contributed by atoms with van der Waals surface area (Å²) in [6, 6.07) is 10.4. The van der Waals surface area contributed by atoms with E-state index in [-0.39, 0.29) is 11.5 Å². The van der Waals surface area contributed by atoms with Crippen molar-refractivity contribution in [2.45, 2.75) is 20.3 Å². The lowest BCUT2D eigenvalue weighted by molar-refractivity contribution is 0.0994. The molecule has 158 valence electrons. The summed E-state index contributed by atoms with van der Waals surface area (Å²) in [5.74, 6) is 2.08. The zero-order valence-electron chi connectivity index (χ0n) is 17.7. The van der Waals surface area contributed by atoms with E-state index in [1.165, 1.54) is 0 Å². The van der Waals surface area contributed by atoms with Gasteiger partial charge < -0.3 is 29.1 Å². The Kier molecular flexibility index (Phi) is 6.20. The molecule has 1 heterocycles. The number of carbonyl (C=O) groups excluding carboxylic acids is 1. The Bertz CT molecular complexity index is 1040. The zero-order chi connectivity index (χ0) is 21.8. The van der Waals surface area contributed by atoms with Crippen molar-refractivity contribution in [1.29, 1.82) is 0 Å². The Morgan fingerprint density at radius 1 is 1.00 bits per heavy atom. The van der Waals surface area contributed by atoms with E-state index >= 15 is 0 Å². The van der Waals surface area contributed by atoms with E-state index in [9.17, 15) is 9.90 Å². The Morgan fingerprint density at radius 2 is 1.67 bits per heavy atom. The first-order valence-corrected chi connectivity index (χ1v) is 9.35. The first-order valence-electron chi connectivity index (χ1n) is 9.35. The lowest BCUT2D eigenvalue weighted by Gasteiger charge is -2.14. The van der Waals surface area contributed by atoms with E-state index in [1.54, 1.807) is 58.6 Å². The van der Waals surface area contributed by atoms with Crippen LogP contribution in [0.3, 0.4) is 0 Å². The summed E-state index contributed by atoms with van der Waals surface area (Å²) in [6.07, 6.45) is 0.360. The van der Waals surface area contributed by atoms with Crippen LogP contribution in [0.25, 0.3) is 0 Å². The zero-order valence-corrected chi connectivity index (χ0v) is 17.7. The van der Waals surface area contributed by atoms with E-state index in [1.807, 2.05) is 13.0 Å². The van der Waals surface area contributed by atoms with Crippen LogP contribution in [0.4, 0.5) is 5.69 Å². The number of rotatable bonds is 7. The number of aromatic hydroxyl groups is 1. The Hall–Kier alpha value is -3.61. The molecule has 0 saturated carbocycles. The molecule has 0 unspecified atom stereocenters. The molecule has 0 aliphatic heterocycles. The van der Waals surface area contributed by atoms with Crippen LogP contribution in [-0.2, 0) is 6.42 Å². The Morgan fingerprint density at radius 3 is 2.27 bits per heavy atom. The van der Waals surface area contributed by atoms with Gasteiger partial charge >= 0.3 is 0 Å². The topological polar surface area (TPSA) is 90.2 Å². The summed E-state index contributed by atoms with van der Waals surface area (Å²) in [4.78, 5) is 12.6. The number of hydrogen-bond donors (Lipinski definition) is 2. The maximum absolute atomic E-state index is 12.6. The third kappa shape index (κ3) is 4.35. The van der Waals surface area contributed by atoms with Crippen LogP contribution in [0.2, 0.25) is 0 Å². The number of ether oxygens (including phenoxy) is 3. The predicted octanol–water partition coefficient (Wildman–Crippen LogP) is 4.47. The minimum absolute atomic E-state index is 0.0356. The van der Waals surface area contributed by atoms with Crippen LogP contribution in [0.1, 0.15) is 33.0 Å².